The molecule has 1 aromatic heterocycles. The summed E-state index contributed by atoms with van der Waals surface area (Å²) in [6.45, 7) is 3.79. The second kappa shape index (κ2) is 3.78. The van der Waals surface area contributed by atoms with Crippen LogP contribution in [0.1, 0.15) is 11.5 Å². The van der Waals surface area contributed by atoms with Crippen LogP contribution in [0.2, 0.25) is 0 Å². The van der Waals surface area contributed by atoms with Crippen LogP contribution in [-0.2, 0) is 0 Å². The molecule has 1 heterocycles. The molecule has 0 spiro atoms. The molecule has 0 unspecified atom stereocenters. The maximum atomic E-state index is 12.7. The quantitative estimate of drug-likeness (QED) is 0.794. The highest BCUT2D eigenvalue weighted by atomic mass is 32.1. The Morgan fingerprint density at radius 2 is 2.07 bits per heavy atom. The molecule has 1 N–H and O–H groups in total. The van der Waals surface area contributed by atoms with Gasteiger partial charge in [-0.2, -0.15) is 0 Å². The lowest BCUT2D eigenvalue weighted by Gasteiger charge is -1.99. The summed E-state index contributed by atoms with van der Waals surface area (Å²) in [6, 6.07) is 5.90. The van der Waals surface area contributed by atoms with Crippen LogP contribution in [0.5, 0.6) is 0 Å². The van der Waals surface area contributed by atoms with E-state index in [9.17, 15) is 4.39 Å². The Kier molecular flexibility index (Phi) is 2.47. The van der Waals surface area contributed by atoms with Crippen LogP contribution in [0.4, 0.5) is 4.39 Å². The van der Waals surface area contributed by atoms with E-state index in [1.807, 2.05) is 0 Å². The molecule has 2 aromatic rings. The van der Waals surface area contributed by atoms with E-state index in [2.05, 4.69) is 16.8 Å². The van der Waals surface area contributed by atoms with Gasteiger partial charge in [0.25, 0.3) is 4.84 Å². The first-order valence-corrected chi connectivity index (χ1v) is 4.58. The van der Waals surface area contributed by atoms with Crippen LogP contribution < -0.4 is 0 Å². The summed E-state index contributed by atoms with van der Waals surface area (Å²) in [5.74, 6) is 0.0149. The highest BCUT2D eigenvalue weighted by Gasteiger charge is 2.07. The third kappa shape index (κ3) is 2.02. The lowest BCUT2D eigenvalue weighted by atomic mass is 10.1. The fraction of sp³-hybridized carbons (Fsp3) is 0. The molecule has 0 saturated carbocycles. The van der Waals surface area contributed by atoms with Crippen molar-refractivity contribution in [3.05, 3.63) is 53.0 Å². The molecule has 15 heavy (non-hydrogen) atoms. The second-order valence-corrected chi connectivity index (χ2v) is 3.27. The van der Waals surface area contributed by atoms with Gasteiger partial charge >= 0.3 is 0 Å². The average molecular weight is 222 g/mol. The summed E-state index contributed by atoms with van der Waals surface area (Å²) in [5, 5.41) is 6.32. The van der Waals surface area contributed by atoms with Crippen molar-refractivity contribution in [2.75, 3.05) is 0 Å². The van der Waals surface area contributed by atoms with Crippen molar-refractivity contribution in [2.45, 2.75) is 0 Å². The molecule has 0 radical (unpaired) electrons. The minimum absolute atomic E-state index is 0.188. The zero-order valence-corrected chi connectivity index (χ0v) is 8.47. The predicted octanol–water partition coefficient (Wildman–Crippen LogP) is 2.93. The lowest BCUT2D eigenvalue weighted by Crippen LogP contribution is -1.86. The van der Waals surface area contributed by atoms with Gasteiger partial charge < -0.3 is 4.42 Å². The summed E-state index contributed by atoms with van der Waals surface area (Å²) >= 11 is 4.74. The van der Waals surface area contributed by atoms with Crippen LogP contribution in [-0.4, -0.2) is 10.2 Å². The van der Waals surface area contributed by atoms with Gasteiger partial charge in [0.05, 0.1) is 0 Å². The first-order chi connectivity index (χ1) is 7.16. The molecule has 0 aliphatic carbocycles. The van der Waals surface area contributed by atoms with Crippen LogP contribution >= 0.6 is 12.2 Å². The number of nitrogens with one attached hydrogen (secondary N) is 1. The van der Waals surface area contributed by atoms with E-state index >= 15 is 0 Å². The number of hydrogen-bond acceptors (Lipinski definition) is 3. The van der Waals surface area contributed by atoms with Crippen molar-refractivity contribution in [3.8, 4) is 0 Å². The summed E-state index contributed by atoms with van der Waals surface area (Å²) < 4.78 is 17.7. The first-order valence-electron chi connectivity index (χ1n) is 4.17. The van der Waals surface area contributed by atoms with E-state index in [-0.39, 0.29) is 10.7 Å². The Hall–Kier alpha value is -1.75. The third-order valence-corrected chi connectivity index (χ3v) is 2.06. The maximum absolute atomic E-state index is 12.7. The summed E-state index contributed by atoms with van der Waals surface area (Å²) in [4.78, 5) is 0.188. The number of halogens is 1. The topological polar surface area (TPSA) is 41.8 Å². The number of rotatable bonds is 2. The molecule has 0 fully saturated rings. The Balaban J connectivity index is 2.36. The van der Waals surface area contributed by atoms with Gasteiger partial charge in [-0.05, 0) is 29.9 Å². The SMILES string of the molecule is C=C(c1ccc(F)cc1)c1n[nH]c(=S)o1. The van der Waals surface area contributed by atoms with Gasteiger partial charge in [-0.15, -0.1) is 5.10 Å². The van der Waals surface area contributed by atoms with E-state index < -0.39 is 0 Å². The number of hydrogen-bond donors (Lipinski definition) is 1. The van der Waals surface area contributed by atoms with Gasteiger partial charge in [0, 0.05) is 5.57 Å². The molecular weight excluding hydrogens is 215 g/mol. The van der Waals surface area contributed by atoms with E-state index in [1.54, 1.807) is 12.1 Å². The van der Waals surface area contributed by atoms with Crippen LogP contribution in [0.3, 0.4) is 0 Å². The smallest absolute Gasteiger partial charge is 0.284 e. The lowest BCUT2D eigenvalue weighted by molar-refractivity contribution is 0.524. The van der Waals surface area contributed by atoms with Crippen molar-refractivity contribution in [1.82, 2.24) is 10.2 Å². The van der Waals surface area contributed by atoms with Crippen molar-refractivity contribution in [2.24, 2.45) is 0 Å². The van der Waals surface area contributed by atoms with Crippen molar-refractivity contribution >= 4 is 17.8 Å². The van der Waals surface area contributed by atoms with Gasteiger partial charge in [0.1, 0.15) is 5.82 Å². The number of aromatic amines is 1. The molecule has 0 bridgehead atoms. The van der Waals surface area contributed by atoms with Crippen LogP contribution in [0, 0.1) is 10.7 Å². The minimum atomic E-state index is -0.297. The molecule has 0 atom stereocenters. The Morgan fingerprint density at radius 3 is 2.60 bits per heavy atom. The van der Waals surface area contributed by atoms with Gasteiger partial charge in [0.15, 0.2) is 0 Å². The van der Waals surface area contributed by atoms with Crippen molar-refractivity contribution in [1.29, 1.82) is 0 Å². The number of aromatic nitrogens is 2. The predicted molar refractivity (Wildman–Crippen MR) is 56.2 cm³/mol. The molecule has 0 aliphatic heterocycles. The summed E-state index contributed by atoms with van der Waals surface area (Å²) in [5.41, 5.74) is 1.30. The fourth-order valence-corrected chi connectivity index (χ4v) is 1.26. The van der Waals surface area contributed by atoms with Crippen molar-refractivity contribution < 1.29 is 8.81 Å². The van der Waals surface area contributed by atoms with Crippen LogP contribution in [0.15, 0.2) is 35.3 Å². The zero-order chi connectivity index (χ0) is 10.8. The average Bonchev–Trinajstić information content (AvgIpc) is 2.65. The number of H-pyrrole nitrogens is 1. The largest absolute Gasteiger partial charge is 0.409 e. The van der Waals surface area contributed by atoms with E-state index in [0.29, 0.717) is 11.5 Å². The Morgan fingerprint density at radius 1 is 1.40 bits per heavy atom. The van der Waals surface area contributed by atoms with Gasteiger partial charge in [-0.25, -0.2) is 9.49 Å². The molecule has 5 heteroatoms. The highest BCUT2D eigenvalue weighted by molar-refractivity contribution is 7.71. The first kappa shape index (κ1) is 9.79. The zero-order valence-electron chi connectivity index (χ0n) is 7.66. The van der Waals surface area contributed by atoms with Crippen LogP contribution in [0.25, 0.3) is 5.57 Å². The fourth-order valence-electron chi connectivity index (χ4n) is 1.13. The maximum Gasteiger partial charge on any atom is 0.284 e. The minimum Gasteiger partial charge on any atom is -0.409 e. The van der Waals surface area contributed by atoms with E-state index in [0.717, 1.165) is 5.56 Å². The molecular formula is C10H7FN2OS. The monoisotopic (exact) mass is 222 g/mol. The van der Waals surface area contributed by atoms with E-state index in [4.69, 9.17) is 16.6 Å². The highest BCUT2D eigenvalue weighted by Crippen LogP contribution is 2.19. The van der Waals surface area contributed by atoms with Gasteiger partial charge in [-0.3, -0.25) is 0 Å². The third-order valence-electron chi connectivity index (χ3n) is 1.89. The second-order valence-electron chi connectivity index (χ2n) is 2.90. The van der Waals surface area contributed by atoms with E-state index in [1.165, 1.54) is 12.1 Å². The summed E-state index contributed by atoms with van der Waals surface area (Å²) in [6.07, 6.45) is 0. The van der Waals surface area contributed by atoms with Gasteiger partial charge in [0.2, 0.25) is 5.89 Å². The molecule has 2 rings (SSSR count). The standard InChI is InChI=1S/C10H7FN2OS/c1-6(9-12-13-10(15)14-9)7-2-4-8(11)5-3-7/h2-5H,1H2,(H,13,15). The normalized spacial score (nSPS) is 10.2. The Bertz CT molecular complexity index is 541. The molecule has 0 aliphatic rings. The molecule has 3 nitrogen and oxygen atoms in total. The Labute approximate surface area is 90.3 Å². The van der Waals surface area contributed by atoms with Gasteiger partial charge in [-0.1, -0.05) is 18.7 Å². The number of nitrogens with zero attached hydrogens (tertiary/aromatic N) is 1. The molecule has 1 aromatic carbocycles. The number of benzene rings is 1. The molecule has 76 valence electrons. The van der Waals surface area contributed by atoms with Crippen molar-refractivity contribution in [3.63, 3.8) is 0 Å². The summed E-state index contributed by atoms with van der Waals surface area (Å²) in [7, 11) is 0. The molecule has 0 amide bonds. The molecule has 0 saturated heterocycles.